The normalized spacial score (nSPS) is 21.2. The average molecular weight is 292 g/mol. The van der Waals surface area contributed by atoms with E-state index >= 15 is 0 Å². The van der Waals surface area contributed by atoms with Gasteiger partial charge in [0.1, 0.15) is 6.61 Å². The number of aliphatic hydroxyl groups excluding tert-OH is 1. The summed E-state index contributed by atoms with van der Waals surface area (Å²) in [5.41, 5.74) is 0. The first-order chi connectivity index (χ1) is 9.72. The minimum atomic E-state index is -0.0659. The molecule has 0 bridgehead atoms. The van der Waals surface area contributed by atoms with Gasteiger partial charge in [-0.2, -0.15) is 0 Å². The van der Waals surface area contributed by atoms with Gasteiger partial charge in [-0.1, -0.05) is 18.8 Å². The molecule has 3 nitrogen and oxygen atoms in total. The molecule has 1 aliphatic heterocycles. The molecule has 1 atom stereocenters. The highest BCUT2D eigenvalue weighted by Crippen LogP contribution is 2.21. The van der Waals surface area contributed by atoms with Crippen LogP contribution in [0.4, 0.5) is 0 Å². The largest absolute Gasteiger partial charge is 0.384 e. The lowest BCUT2D eigenvalue weighted by Crippen LogP contribution is -2.39. The molecule has 20 heavy (non-hydrogen) atoms. The van der Waals surface area contributed by atoms with Crippen molar-refractivity contribution in [3.05, 3.63) is 21.9 Å². The van der Waals surface area contributed by atoms with Crippen molar-refractivity contribution >= 4 is 11.3 Å². The SMILES string of the molecule is CCC1CN(C)CCCN1Cc1ccc(C#CCO)s1. The number of aliphatic hydroxyl groups is 1. The van der Waals surface area contributed by atoms with Crippen molar-refractivity contribution in [1.82, 2.24) is 9.80 Å². The molecule has 1 unspecified atom stereocenters. The highest BCUT2D eigenvalue weighted by atomic mass is 32.1. The van der Waals surface area contributed by atoms with Crippen LogP contribution in [0.1, 0.15) is 29.5 Å². The fourth-order valence-electron chi connectivity index (χ4n) is 2.75. The van der Waals surface area contributed by atoms with Gasteiger partial charge in [0.25, 0.3) is 0 Å². The van der Waals surface area contributed by atoms with E-state index in [1.165, 1.54) is 37.4 Å². The minimum Gasteiger partial charge on any atom is -0.384 e. The molecule has 1 aliphatic rings. The second-order valence-corrected chi connectivity index (χ2v) is 6.54. The Balaban J connectivity index is 2.01. The van der Waals surface area contributed by atoms with Gasteiger partial charge in [-0.15, -0.1) is 11.3 Å². The Morgan fingerprint density at radius 1 is 1.40 bits per heavy atom. The monoisotopic (exact) mass is 292 g/mol. The van der Waals surface area contributed by atoms with E-state index < -0.39 is 0 Å². The van der Waals surface area contributed by atoms with Gasteiger partial charge in [-0.05, 0) is 38.6 Å². The molecular weight excluding hydrogens is 268 g/mol. The topological polar surface area (TPSA) is 26.7 Å². The van der Waals surface area contributed by atoms with Gasteiger partial charge in [0.15, 0.2) is 0 Å². The average Bonchev–Trinajstić information content (AvgIpc) is 2.81. The zero-order valence-corrected chi connectivity index (χ0v) is 13.2. The molecule has 2 rings (SSSR count). The third-order valence-corrected chi connectivity index (χ3v) is 4.79. The molecule has 0 aromatic carbocycles. The van der Waals surface area contributed by atoms with E-state index in [1.807, 2.05) is 0 Å². The van der Waals surface area contributed by atoms with Crippen LogP contribution < -0.4 is 0 Å². The summed E-state index contributed by atoms with van der Waals surface area (Å²) in [4.78, 5) is 7.48. The summed E-state index contributed by atoms with van der Waals surface area (Å²) in [6, 6.07) is 4.89. The van der Waals surface area contributed by atoms with Gasteiger partial charge < -0.3 is 10.0 Å². The fraction of sp³-hybridized carbons (Fsp3) is 0.625. The van der Waals surface area contributed by atoms with Crippen molar-refractivity contribution in [2.24, 2.45) is 0 Å². The summed E-state index contributed by atoms with van der Waals surface area (Å²) in [6.45, 7) is 6.78. The van der Waals surface area contributed by atoms with Crippen molar-refractivity contribution in [3.63, 3.8) is 0 Å². The Kier molecular flexibility index (Phi) is 6.06. The molecule has 1 aromatic heterocycles. The van der Waals surface area contributed by atoms with Gasteiger partial charge >= 0.3 is 0 Å². The molecule has 1 saturated heterocycles. The summed E-state index contributed by atoms with van der Waals surface area (Å²) >= 11 is 1.75. The molecule has 0 radical (unpaired) electrons. The number of nitrogens with zero attached hydrogens (tertiary/aromatic N) is 2. The van der Waals surface area contributed by atoms with E-state index in [0.717, 1.165) is 11.4 Å². The van der Waals surface area contributed by atoms with E-state index in [0.29, 0.717) is 6.04 Å². The third kappa shape index (κ3) is 4.32. The van der Waals surface area contributed by atoms with Crippen molar-refractivity contribution < 1.29 is 5.11 Å². The summed E-state index contributed by atoms with van der Waals surface area (Å²) in [7, 11) is 2.22. The van der Waals surface area contributed by atoms with Crippen molar-refractivity contribution in [2.45, 2.75) is 32.4 Å². The first-order valence-electron chi connectivity index (χ1n) is 7.34. The summed E-state index contributed by atoms with van der Waals surface area (Å²) in [5.74, 6) is 5.70. The van der Waals surface area contributed by atoms with Crippen LogP contribution in [0.15, 0.2) is 12.1 Å². The summed E-state index contributed by atoms with van der Waals surface area (Å²) in [6.07, 6.45) is 2.45. The van der Waals surface area contributed by atoms with Crippen LogP contribution in [0, 0.1) is 11.8 Å². The molecule has 0 amide bonds. The highest BCUT2D eigenvalue weighted by Gasteiger charge is 2.22. The lowest BCUT2D eigenvalue weighted by atomic mass is 10.2. The molecule has 1 N–H and O–H groups in total. The predicted octanol–water partition coefficient (Wildman–Crippen LogP) is 2.01. The molecule has 1 fully saturated rings. The zero-order valence-electron chi connectivity index (χ0n) is 12.4. The second kappa shape index (κ2) is 7.80. The molecule has 0 saturated carbocycles. The van der Waals surface area contributed by atoms with Crippen LogP contribution in [-0.2, 0) is 6.54 Å². The van der Waals surface area contributed by atoms with Crippen molar-refractivity contribution in [3.8, 4) is 11.8 Å². The number of thiophene rings is 1. The lowest BCUT2D eigenvalue weighted by molar-refractivity contribution is 0.177. The quantitative estimate of drug-likeness (QED) is 0.863. The number of likely N-dealkylation sites (N-methyl/N-ethyl adjacent to an activating group) is 1. The van der Waals surface area contributed by atoms with Gasteiger partial charge in [0.05, 0.1) is 4.88 Å². The Hall–Kier alpha value is -0.860. The second-order valence-electron chi connectivity index (χ2n) is 5.37. The predicted molar refractivity (Wildman–Crippen MR) is 84.9 cm³/mol. The number of hydrogen-bond donors (Lipinski definition) is 1. The van der Waals surface area contributed by atoms with Crippen LogP contribution in [-0.4, -0.2) is 54.2 Å². The van der Waals surface area contributed by atoms with Crippen LogP contribution in [0.3, 0.4) is 0 Å². The highest BCUT2D eigenvalue weighted by molar-refractivity contribution is 7.12. The minimum absolute atomic E-state index is 0.0659. The van der Waals surface area contributed by atoms with E-state index in [4.69, 9.17) is 5.11 Å². The third-order valence-electron chi connectivity index (χ3n) is 3.81. The Morgan fingerprint density at radius 3 is 3.00 bits per heavy atom. The van der Waals surface area contributed by atoms with E-state index in [-0.39, 0.29) is 6.61 Å². The fourth-order valence-corrected chi connectivity index (χ4v) is 3.65. The van der Waals surface area contributed by atoms with Crippen molar-refractivity contribution in [2.75, 3.05) is 33.3 Å². The summed E-state index contributed by atoms with van der Waals surface area (Å²) in [5, 5.41) is 8.74. The molecule has 1 aromatic rings. The molecule has 110 valence electrons. The smallest absolute Gasteiger partial charge is 0.104 e. The Morgan fingerprint density at radius 2 is 2.25 bits per heavy atom. The van der Waals surface area contributed by atoms with E-state index in [2.05, 4.69) is 47.7 Å². The van der Waals surface area contributed by atoms with Gasteiger partial charge in [0.2, 0.25) is 0 Å². The maximum absolute atomic E-state index is 8.74. The van der Waals surface area contributed by atoms with Gasteiger partial charge in [-0.3, -0.25) is 4.90 Å². The van der Waals surface area contributed by atoms with Crippen molar-refractivity contribution in [1.29, 1.82) is 0 Å². The molecule has 4 heteroatoms. The maximum Gasteiger partial charge on any atom is 0.104 e. The van der Waals surface area contributed by atoms with Crippen LogP contribution in [0.5, 0.6) is 0 Å². The number of hydrogen-bond acceptors (Lipinski definition) is 4. The molecular formula is C16H24N2OS. The van der Waals surface area contributed by atoms with Crippen LogP contribution in [0.25, 0.3) is 0 Å². The first kappa shape index (κ1) is 15.5. The Labute approximate surface area is 126 Å². The standard InChI is InChI=1S/C16H24N2OS/c1-3-14-12-17(2)9-5-10-18(14)13-16-8-7-15(20-16)6-4-11-19/h7-8,14,19H,3,5,9-13H2,1-2H3. The first-order valence-corrected chi connectivity index (χ1v) is 8.15. The maximum atomic E-state index is 8.74. The molecule has 0 aliphatic carbocycles. The molecule has 0 spiro atoms. The van der Waals surface area contributed by atoms with Crippen LogP contribution in [0.2, 0.25) is 0 Å². The van der Waals surface area contributed by atoms with Gasteiger partial charge in [-0.25, -0.2) is 0 Å². The molecule has 2 heterocycles. The van der Waals surface area contributed by atoms with E-state index in [9.17, 15) is 0 Å². The number of rotatable bonds is 3. The zero-order chi connectivity index (χ0) is 14.4. The van der Waals surface area contributed by atoms with Gasteiger partial charge in [0, 0.05) is 30.6 Å². The Bertz CT molecular complexity index is 474. The van der Waals surface area contributed by atoms with E-state index in [1.54, 1.807) is 11.3 Å². The lowest BCUT2D eigenvalue weighted by Gasteiger charge is -2.29. The summed E-state index contributed by atoms with van der Waals surface area (Å²) < 4.78 is 0. The van der Waals surface area contributed by atoms with Crippen LogP contribution >= 0.6 is 11.3 Å².